The molecule has 148 valence electrons. The summed E-state index contributed by atoms with van der Waals surface area (Å²) < 4.78 is 68.1. The van der Waals surface area contributed by atoms with Crippen LogP contribution in [0.1, 0.15) is 23.7 Å². The molecule has 1 aromatic heterocycles. The van der Waals surface area contributed by atoms with Crippen LogP contribution in [0.3, 0.4) is 0 Å². The molecule has 2 aromatic rings. The van der Waals surface area contributed by atoms with Crippen LogP contribution in [0.25, 0.3) is 5.57 Å². The molecule has 0 amide bonds. The molecule has 0 saturated heterocycles. The van der Waals surface area contributed by atoms with Crippen LogP contribution in [0.15, 0.2) is 48.7 Å². The second-order valence-electron chi connectivity index (χ2n) is 7.48. The molecule has 0 radical (unpaired) electrons. The lowest BCUT2D eigenvalue weighted by Crippen LogP contribution is -2.33. The molecule has 1 N–H and O–H groups in total. The third-order valence-corrected chi connectivity index (χ3v) is 5.89. The number of alkyl halides is 3. The largest absolute Gasteiger partial charge is 0.417 e. The van der Waals surface area contributed by atoms with Gasteiger partial charge in [0.2, 0.25) is 0 Å². The van der Waals surface area contributed by atoms with Crippen molar-refractivity contribution in [3.05, 3.63) is 77.1 Å². The molecule has 1 heterocycles. The van der Waals surface area contributed by atoms with Crippen LogP contribution in [0, 0.1) is 23.5 Å². The Kier molecular flexibility index (Phi) is 4.26. The van der Waals surface area contributed by atoms with Crippen LogP contribution < -0.4 is 5.32 Å². The minimum Gasteiger partial charge on any atom is -0.350 e. The van der Waals surface area contributed by atoms with E-state index in [0.29, 0.717) is 11.3 Å². The van der Waals surface area contributed by atoms with E-state index in [2.05, 4.69) is 5.32 Å². The third kappa shape index (κ3) is 2.98. The van der Waals surface area contributed by atoms with Crippen molar-refractivity contribution in [1.29, 1.82) is 0 Å². The number of fused-ring (bicyclic) bond motifs is 1. The van der Waals surface area contributed by atoms with Gasteiger partial charge in [0.05, 0.1) is 5.56 Å². The summed E-state index contributed by atoms with van der Waals surface area (Å²) in [6, 6.07) is 4.89. The second kappa shape index (κ2) is 6.30. The molecule has 4 rings (SSSR count). The van der Waals surface area contributed by atoms with Crippen LogP contribution in [0.5, 0.6) is 0 Å². The van der Waals surface area contributed by atoms with E-state index in [9.17, 15) is 22.0 Å². The highest BCUT2D eigenvalue weighted by Crippen LogP contribution is 2.56. The van der Waals surface area contributed by atoms with Crippen molar-refractivity contribution in [2.75, 3.05) is 0 Å². The lowest BCUT2D eigenvalue weighted by Gasteiger charge is -2.20. The number of hydrogen-bond acceptors (Lipinski definition) is 1. The highest BCUT2D eigenvalue weighted by atomic mass is 19.4. The predicted molar refractivity (Wildman–Crippen MR) is 96.1 cm³/mol. The van der Waals surface area contributed by atoms with Gasteiger partial charge in [0.1, 0.15) is 11.6 Å². The maximum atomic E-state index is 13.9. The third-order valence-electron chi connectivity index (χ3n) is 5.89. The molecule has 1 aromatic carbocycles. The quantitative estimate of drug-likeness (QED) is 0.717. The Hall–Kier alpha value is -2.41. The molecule has 0 spiro atoms. The molecule has 3 atom stereocenters. The number of nitrogens with zero attached hydrogens (tertiary/aromatic N) is 1. The first-order valence-electron chi connectivity index (χ1n) is 8.96. The highest BCUT2D eigenvalue weighted by Gasteiger charge is 2.60. The Labute approximate surface area is 159 Å². The number of aryl methyl sites for hydroxylation is 1. The van der Waals surface area contributed by atoms with Crippen LogP contribution >= 0.6 is 0 Å². The number of benzene rings is 1. The Bertz CT molecular complexity index is 965. The number of nitrogens with one attached hydrogen (secondary N) is 1. The van der Waals surface area contributed by atoms with Gasteiger partial charge in [0, 0.05) is 42.5 Å². The normalized spacial score (nSPS) is 26.2. The van der Waals surface area contributed by atoms with Crippen molar-refractivity contribution in [2.24, 2.45) is 18.9 Å². The van der Waals surface area contributed by atoms with Gasteiger partial charge in [-0.25, -0.2) is 8.78 Å². The molecule has 1 fully saturated rings. The van der Waals surface area contributed by atoms with E-state index in [1.807, 2.05) is 19.1 Å². The van der Waals surface area contributed by atoms with Gasteiger partial charge in [-0.2, -0.15) is 13.2 Å². The minimum absolute atomic E-state index is 0.0184. The van der Waals surface area contributed by atoms with E-state index in [1.165, 1.54) is 22.8 Å². The van der Waals surface area contributed by atoms with Crippen molar-refractivity contribution in [3.63, 3.8) is 0 Å². The summed E-state index contributed by atoms with van der Waals surface area (Å²) in [5, 5.41) is 3.24. The fourth-order valence-electron chi connectivity index (χ4n) is 4.10. The number of rotatable bonds is 4. The molecular weight excluding hydrogens is 375 g/mol. The summed E-state index contributed by atoms with van der Waals surface area (Å²) >= 11 is 0. The Morgan fingerprint density at radius 1 is 1.18 bits per heavy atom. The zero-order valence-corrected chi connectivity index (χ0v) is 15.3. The first kappa shape index (κ1) is 18.9. The summed E-state index contributed by atoms with van der Waals surface area (Å²) in [7, 11) is 1.58. The van der Waals surface area contributed by atoms with Gasteiger partial charge in [0.15, 0.2) is 0 Å². The topological polar surface area (TPSA) is 17.0 Å². The lowest BCUT2D eigenvalue weighted by molar-refractivity contribution is -0.137. The predicted octanol–water partition coefficient (Wildman–Crippen LogP) is 5.07. The van der Waals surface area contributed by atoms with E-state index in [1.54, 1.807) is 13.1 Å². The number of hydrogen-bond donors (Lipinski definition) is 1. The standard InChI is InChI=1S/C21H19F5N2/c1-12-16-8-13(19-9-14(11-28(19)2)21(24,25)26)6-7-20(12,16)27-10-15-17(22)4-3-5-18(15)23/h3-9,11-12,16,27H,10H2,1-2H3. The van der Waals surface area contributed by atoms with Gasteiger partial charge in [-0.3, -0.25) is 0 Å². The van der Waals surface area contributed by atoms with E-state index >= 15 is 0 Å². The Morgan fingerprint density at radius 2 is 1.86 bits per heavy atom. The maximum absolute atomic E-state index is 13.9. The smallest absolute Gasteiger partial charge is 0.350 e. The summed E-state index contributed by atoms with van der Waals surface area (Å²) in [5.41, 5.74) is 0.0533. The molecule has 2 aliphatic carbocycles. The second-order valence-corrected chi connectivity index (χ2v) is 7.48. The maximum Gasteiger partial charge on any atom is 0.417 e. The summed E-state index contributed by atoms with van der Waals surface area (Å²) in [4.78, 5) is 0. The first-order valence-corrected chi connectivity index (χ1v) is 8.96. The van der Waals surface area contributed by atoms with Gasteiger partial charge in [0.25, 0.3) is 0 Å². The van der Waals surface area contributed by atoms with E-state index in [4.69, 9.17) is 0 Å². The molecule has 2 nitrogen and oxygen atoms in total. The van der Waals surface area contributed by atoms with Crippen molar-refractivity contribution in [3.8, 4) is 0 Å². The molecule has 28 heavy (non-hydrogen) atoms. The monoisotopic (exact) mass is 394 g/mol. The van der Waals surface area contributed by atoms with Crippen LogP contribution in [0.2, 0.25) is 0 Å². The van der Waals surface area contributed by atoms with Gasteiger partial charge in [-0.15, -0.1) is 0 Å². The van der Waals surface area contributed by atoms with Gasteiger partial charge in [-0.1, -0.05) is 31.2 Å². The van der Waals surface area contributed by atoms with Crippen LogP contribution in [0.4, 0.5) is 22.0 Å². The van der Waals surface area contributed by atoms with E-state index < -0.39 is 28.9 Å². The Morgan fingerprint density at radius 3 is 2.43 bits per heavy atom. The fourth-order valence-corrected chi connectivity index (χ4v) is 4.10. The van der Waals surface area contributed by atoms with E-state index in [0.717, 1.165) is 12.3 Å². The average molecular weight is 394 g/mol. The van der Waals surface area contributed by atoms with Gasteiger partial charge >= 0.3 is 6.18 Å². The molecule has 2 aliphatic rings. The van der Waals surface area contributed by atoms with Crippen molar-refractivity contribution in [2.45, 2.75) is 25.2 Å². The molecule has 3 unspecified atom stereocenters. The molecule has 0 aliphatic heterocycles. The van der Waals surface area contributed by atoms with Crippen LogP contribution in [-0.4, -0.2) is 10.1 Å². The highest BCUT2D eigenvalue weighted by molar-refractivity contribution is 5.76. The molecule has 0 bridgehead atoms. The fraction of sp³-hybridized carbons (Fsp3) is 0.333. The van der Waals surface area contributed by atoms with Crippen LogP contribution in [-0.2, 0) is 19.8 Å². The van der Waals surface area contributed by atoms with Crippen molar-refractivity contribution >= 4 is 5.57 Å². The molecule has 1 saturated carbocycles. The summed E-state index contributed by atoms with van der Waals surface area (Å²) in [6.07, 6.45) is 2.29. The summed E-state index contributed by atoms with van der Waals surface area (Å²) in [5.74, 6) is -0.994. The number of halogens is 5. The average Bonchev–Trinajstić information content (AvgIpc) is 2.98. The lowest BCUT2D eigenvalue weighted by atomic mass is 10.00. The van der Waals surface area contributed by atoms with E-state index in [-0.39, 0.29) is 23.9 Å². The van der Waals surface area contributed by atoms with Gasteiger partial charge in [-0.05, 0) is 29.7 Å². The minimum atomic E-state index is -4.39. The molecular formula is C21H19F5N2. The van der Waals surface area contributed by atoms with Crippen molar-refractivity contribution in [1.82, 2.24) is 9.88 Å². The number of aromatic nitrogens is 1. The first-order chi connectivity index (χ1) is 13.1. The zero-order chi connectivity index (χ0) is 20.3. The molecule has 7 heteroatoms. The zero-order valence-electron chi connectivity index (χ0n) is 15.3. The van der Waals surface area contributed by atoms with Gasteiger partial charge < -0.3 is 9.88 Å². The summed E-state index contributed by atoms with van der Waals surface area (Å²) in [6.45, 7) is 2.04. The van der Waals surface area contributed by atoms with Crippen molar-refractivity contribution < 1.29 is 22.0 Å². The Balaban J connectivity index is 1.54. The SMILES string of the molecule is CC1C2C=C(c3cc(C(F)(F)F)cn3C)C=CC12NCc1c(F)cccc1F. The number of allylic oxidation sites excluding steroid dienone is 2.